The minimum absolute atomic E-state index is 0.318. The van der Waals surface area contributed by atoms with Gasteiger partial charge in [-0.2, -0.15) is 5.10 Å². The van der Waals surface area contributed by atoms with Crippen LogP contribution in [0.5, 0.6) is 0 Å². The number of hydrogen-bond acceptors (Lipinski definition) is 3. The van der Waals surface area contributed by atoms with Crippen molar-refractivity contribution in [2.75, 3.05) is 5.43 Å². The van der Waals surface area contributed by atoms with E-state index in [2.05, 4.69) is 16.0 Å². The van der Waals surface area contributed by atoms with Crippen LogP contribution in [0.4, 0.5) is 5.69 Å². The molecule has 0 bridgehead atoms. The van der Waals surface area contributed by atoms with Gasteiger partial charge in [-0.3, -0.25) is 15.6 Å². The number of aromatic nitrogens is 2. The maximum absolute atomic E-state index is 12.5. The lowest BCUT2D eigenvalue weighted by Crippen LogP contribution is -2.29. The number of nitrogens with one attached hydrogen (secondary N) is 2. The smallest absolute Gasteiger partial charge is 0.274 e. The molecular weight excluding hydrogens is 336 g/mol. The lowest BCUT2D eigenvalue weighted by atomic mass is 10.1. The maximum atomic E-state index is 12.5. The minimum atomic E-state index is -0.318. The van der Waals surface area contributed by atoms with Gasteiger partial charge in [-0.05, 0) is 31.5 Å². The third kappa shape index (κ3) is 4.00. The normalized spacial score (nSPS) is 10.5. The Labute approximate surface area is 151 Å². The van der Waals surface area contributed by atoms with Crippen LogP contribution in [0.1, 0.15) is 27.2 Å². The van der Waals surface area contributed by atoms with E-state index >= 15 is 0 Å². The average Bonchev–Trinajstić information content (AvgIpc) is 2.89. The lowest BCUT2D eigenvalue weighted by Gasteiger charge is -2.08. The number of aryl methyl sites for hydroxylation is 2. The molecule has 2 aromatic carbocycles. The number of hydrogen-bond donors (Lipinski definition) is 2. The average molecular weight is 355 g/mol. The number of anilines is 1. The molecule has 1 heterocycles. The third-order valence-corrected chi connectivity index (χ3v) is 4.22. The number of halogens is 1. The maximum Gasteiger partial charge on any atom is 0.274 e. The summed E-state index contributed by atoms with van der Waals surface area (Å²) in [5, 5.41) is 4.72. The fraction of sp³-hybridized carbons (Fsp3) is 0.158. The number of nitrogens with zero attached hydrogens (tertiary/aromatic N) is 2. The van der Waals surface area contributed by atoms with Gasteiger partial charge in [-0.25, -0.2) is 4.68 Å². The van der Waals surface area contributed by atoms with Gasteiger partial charge in [0, 0.05) is 0 Å². The van der Waals surface area contributed by atoms with Crippen molar-refractivity contribution < 1.29 is 4.79 Å². The second-order valence-electron chi connectivity index (χ2n) is 5.84. The van der Waals surface area contributed by atoms with Crippen molar-refractivity contribution in [2.24, 2.45) is 0 Å². The van der Waals surface area contributed by atoms with E-state index in [9.17, 15) is 4.79 Å². The molecule has 0 aliphatic rings. The molecule has 1 amide bonds. The van der Waals surface area contributed by atoms with E-state index in [-0.39, 0.29) is 5.91 Å². The van der Waals surface area contributed by atoms with Gasteiger partial charge in [-0.1, -0.05) is 59.6 Å². The van der Waals surface area contributed by atoms with Gasteiger partial charge in [0.05, 0.1) is 17.9 Å². The summed E-state index contributed by atoms with van der Waals surface area (Å²) in [6.07, 6.45) is 0. The Hall–Kier alpha value is -2.79. The zero-order chi connectivity index (χ0) is 17.8. The molecule has 0 saturated heterocycles. The highest BCUT2D eigenvalue weighted by atomic mass is 35.5. The van der Waals surface area contributed by atoms with Crippen LogP contribution in [-0.4, -0.2) is 15.7 Å². The Balaban J connectivity index is 1.74. The first-order valence-electron chi connectivity index (χ1n) is 7.94. The summed E-state index contributed by atoms with van der Waals surface area (Å²) in [5.41, 5.74) is 9.54. The van der Waals surface area contributed by atoms with Gasteiger partial charge >= 0.3 is 0 Å². The summed E-state index contributed by atoms with van der Waals surface area (Å²) in [7, 11) is 0. The van der Waals surface area contributed by atoms with Crippen molar-refractivity contribution in [1.29, 1.82) is 0 Å². The molecule has 0 unspecified atom stereocenters. The number of carbonyl (C=O) groups excluding carboxylic acids is 1. The van der Waals surface area contributed by atoms with Gasteiger partial charge in [0.15, 0.2) is 0 Å². The number of para-hydroxylation sites is 1. The third-order valence-electron chi connectivity index (χ3n) is 3.84. The molecule has 5 nitrogen and oxygen atoms in total. The molecule has 0 aliphatic heterocycles. The monoisotopic (exact) mass is 354 g/mol. The Morgan fingerprint density at radius 2 is 1.76 bits per heavy atom. The van der Waals surface area contributed by atoms with E-state index in [1.165, 1.54) is 5.56 Å². The van der Waals surface area contributed by atoms with Crippen LogP contribution >= 0.6 is 11.6 Å². The minimum Gasteiger partial charge on any atom is -0.298 e. The van der Waals surface area contributed by atoms with Gasteiger partial charge in [0.2, 0.25) is 0 Å². The molecule has 0 atom stereocenters. The predicted molar refractivity (Wildman–Crippen MR) is 99.8 cm³/mol. The quantitative estimate of drug-likeness (QED) is 0.682. The summed E-state index contributed by atoms with van der Waals surface area (Å²) >= 11 is 6.40. The van der Waals surface area contributed by atoms with Crippen LogP contribution in [0, 0.1) is 13.8 Å². The summed E-state index contributed by atoms with van der Waals surface area (Å²) in [6.45, 7) is 4.32. The van der Waals surface area contributed by atoms with E-state index in [0.29, 0.717) is 23.0 Å². The van der Waals surface area contributed by atoms with Crippen molar-refractivity contribution in [1.82, 2.24) is 15.2 Å². The predicted octanol–water partition coefficient (Wildman–Crippen LogP) is 3.96. The van der Waals surface area contributed by atoms with Crippen molar-refractivity contribution in [3.63, 3.8) is 0 Å². The van der Waals surface area contributed by atoms with Gasteiger partial charge in [0.1, 0.15) is 10.7 Å². The molecule has 0 fully saturated rings. The first kappa shape index (κ1) is 17.0. The number of amides is 1. The van der Waals surface area contributed by atoms with E-state index in [1.807, 2.05) is 61.5 Å². The molecule has 2 N–H and O–H groups in total. The molecule has 3 rings (SSSR count). The fourth-order valence-corrected chi connectivity index (χ4v) is 2.82. The first-order valence-corrected chi connectivity index (χ1v) is 8.32. The van der Waals surface area contributed by atoms with E-state index < -0.39 is 0 Å². The standard InChI is InChI=1S/C19H19ClN4O/c1-13-8-10-15(11-9-13)12-24-18(20)17(14(2)23-24)19(25)22-21-16-6-4-3-5-7-16/h3-11,21H,12H2,1-2H3,(H,22,25). The van der Waals surface area contributed by atoms with Crippen LogP contribution in [0.3, 0.4) is 0 Å². The highest BCUT2D eigenvalue weighted by molar-refractivity contribution is 6.33. The van der Waals surface area contributed by atoms with Gasteiger partial charge in [0.25, 0.3) is 5.91 Å². The van der Waals surface area contributed by atoms with E-state index in [1.54, 1.807) is 11.6 Å². The molecule has 6 heteroatoms. The molecular formula is C19H19ClN4O. The molecule has 0 radical (unpaired) electrons. The fourth-order valence-electron chi connectivity index (χ4n) is 2.50. The van der Waals surface area contributed by atoms with Crippen LogP contribution < -0.4 is 10.9 Å². The first-order chi connectivity index (χ1) is 12.0. The summed E-state index contributed by atoms with van der Waals surface area (Å²) in [5.74, 6) is -0.318. The molecule has 25 heavy (non-hydrogen) atoms. The SMILES string of the molecule is Cc1ccc(Cn2nc(C)c(C(=O)NNc3ccccc3)c2Cl)cc1. The van der Waals surface area contributed by atoms with E-state index in [4.69, 9.17) is 11.6 Å². The highest BCUT2D eigenvalue weighted by Gasteiger charge is 2.20. The van der Waals surface area contributed by atoms with Crippen molar-refractivity contribution in [2.45, 2.75) is 20.4 Å². The molecule has 0 saturated carbocycles. The van der Waals surface area contributed by atoms with Crippen molar-refractivity contribution in [3.8, 4) is 0 Å². The summed E-state index contributed by atoms with van der Waals surface area (Å²) < 4.78 is 1.64. The Morgan fingerprint density at radius 1 is 1.08 bits per heavy atom. The van der Waals surface area contributed by atoms with Crippen LogP contribution in [0.15, 0.2) is 54.6 Å². The zero-order valence-electron chi connectivity index (χ0n) is 14.1. The Bertz CT molecular complexity index is 872. The molecule has 0 aliphatic carbocycles. The summed E-state index contributed by atoms with van der Waals surface area (Å²) in [4.78, 5) is 12.5. The Kier molecular flexibility index (Phi) is 5.05. The number of carbonyl (C=O) groups is 1. The molecule has 128 valence electrons. The van der Waals surface area contributed by atoms with Crippen molar-refractivity contribution in [3.05, 3.63) is 82.1 Å². The second kappa shape index (κ2) is 7.40. The topological polar surface area (TPSA) is 59.0 Å². The largest absolute Gasteiger partial charge is 0.298 e. The number of benzene rings is 2. The van der Waals surface area contributed by atoms with Gasteiger partial charge in [-0.15, -0.1) is 0 Å². The van der Waals surface area contributed by atoms with Crippen LogP contribution in [0.25, 0.3) is 0 Å². The van der Waals surface area contributed by atoms with Gasteiger partial charge < -0.3 is 0 Å². The van der Waals surface area contributed by atoms with Crippen LogP contribution in [0.2, 0.25) is 5.15 Å². The molecule has 1 aromatic heterocycles. The van der Waals surface area contributed by atoms with Crippen LogP contribution in [-0.2, 0) is 6.54 Å². The summed E-state index contributed by atoms with van der Waals surface area (Å²) in [6, 6.07) is 17.5. The Morgan fingerprint density at radius 3 is 2.44 bits per heavy atom. The van der Waals surface area contributed by atoms with E-state index in [0.717, 1.165) is 11.3 Å². The number of rotatable bonds is 5. The second-order valence-corrected chi connectivity index (χ2v) is 6.20. The number of hydrazine groups is 1. The molecule has 3 aromatic rings. The highest BCUT2D eigenvalue weighted by Crippen LogP contribution is 2.21. The van der Waals surface area contributed by atoms with Crippen molar-refractivity contribution >= 4 is 23.2 Å². The zero-order valence-corrected chi connectivity index (χ0v) is 14.8. The molecule has 0 spiro atoms. The lowest BCUT2D eigenvalue weighted by molar-refractivity contribution is 0.0962.